The number of nitrogens with zero attached hydrogens (tertiary/aromatic N) is 6. The Balaban J connectivity index is 1.52. The van der Waals surface area contributed by atoms with Crippen molar-refractivity contribution < 1.29 is 67.4 Å². The standard InChI is InChI=1S/C35H45N7O14S/c1-5-35(2,3)24-14-16-26(17-15-24)57(48,49)40-30-29(55-28-13-7-6-12-27(28)50-4)33(39-32(38-30)31-36-18-10-19-37-31)51-21-22-53-34(43)52-20-9-8-11-25(56-42(46)47)23-54-41(44)45/h6-7,10,12-19,25,44-47H,5,8-9,11,20-23H2,1-4H3,(H,38,39,40). The molecule has 21 nitrogen and oxygen atoms in total. The Morgan fingerprint density at radius 3 is 2.19 bits per heavy atom. The molecule has 0 amide bonds. The fourth-order valence-electron chi connectivity index (χ4n) is 4.88. The zero-order valence-electron chi connectivity index (χ0n) is 31.5. The Morgan fingerprint density at radius 1 is 0.860 bits per heavy atom. The van der Waals surface area contributed by atoms with E-state index in [9.17, 15) is 13.2 Å². The van der Waals surface area contributed by atoms with Gasteiger partial charge in [0.25, 0.3) is 15.9 Å². The van der Waals surface area contributed by atoms with Crippen LogP contribution in [0.25, 0.3) is 11.6 Å². The van der Waals surface area contributed by atoms with E-state index in [4.69, 9.17) is 44.5 Å². The Bertz CT molecular complexity index is 1970. The second kappa shape index (κ2) is 21.3. The molecule has 0 saturated heterocycles. The number of ether oxygens (including phenoxy) is 5. The molecule has 4 aromatic rings. The van der Waals surface area contributed by atoms with Gasteiger partial charge in [0.05, 0.1) is 29.4 Å². The number of carbonyl (C=O) groups excluding carboxylic acids is 1. The van der Waals surface area contributed by atoms with Crippen LogP contribution in [0.15, 0.2) is 71.9 Å². The van der Waals surface area contributed by atoms with E-state index in [0.717, 1.165) is 12.0 Å². The van der Waals surface area contributed by atoms with Crippen LogP contribution in [0.5, 0.6) is 23.1 Å². The first-order chi connectivity index (χ1) is 27.2. The van der Waals surface area contributed by atoms with Crippen LogP contribution in [0.2, 0.25) is 0 Å². The molecule has 0 aliphatic carbocycles. The summed E-state index contributed by atoms with van der Waals surface area (Å²) < 4.78 is 57.9. The first kappa shape index (κ1) is 44.4. The lowest BCUT2D eigenvalue weighted by molar-refractivity contribution is -0.527. The maximum absolute atomic E-state index is 13.9. The molecule has 5 N–H and O–H groups in total. The van der Waals surface area contributed by atoms with E-state index in [2.05, 4.69) is 48.2 Å². The molecule has 2 heterocycles. The maximum Gasteiger partial charge on any atom is 0.508 e. The molecule has 22 heteroatoms. The molecule has 0 bridgehead atoms. The summed E-state index contributed by atoms with van der Waals surface area (Å²) in [5.41, 5.74) is 0.782. The van der Waals surface area contributed by atoms with E-state index in [1.165, 1.54) is 31.6 Å². The topological polar surface area (TPSA) is 267 Å². The van der Waals surface area contributed by atoms with Crippen molar-refractivity contribution in [2.75, 3.05) is 38.3 Å². The van der Waals surface area contributed by atoms with Gasteiger partial charge in [-0.1, -0.05) is 45.0 Å². The van der Waals surface area contributed by atoms with E-state index in [-0.39, 0.29) is 71.4 Å². The predicted molar refractivity (Wildman–Crippen MR) is 195 cm³/mol. The van der Waals surface area contributed by atoms with Gasteiger partial charge in [0.2, 0.25) is 11.6 Å². The number of para-hydroxylation sites is 2. The number of rotatable bonds is 23. The summed E-state index contributed by atoms with van der Waals surface area (Å²) in [6.07, 6.45) is 2.49. The Hall–Kier alpha value is -5.30. The van der Waals surface area contributed by atoms with Gasteiger partial charge in [-0.15, -0.1) is 0 Å². The lowest BCUT2D eigenvalue weighted by atomic mass is 9.82. The molecular formula is C35H45N7O14S. The number of sulfonamides is 1. The summed E-state index contributed by atoms with van der Waals surface area (Å²) in [6.45, 7) is 4.99. The Labute approximate surface area is 328 Å². The first-order valence-corrected chi connectivity index (χ1v) is 18.9. The van der Waals surface area contributed by atoms with Crippen molar-refractivity contribution in [3.63, 3.8) is 0 Å². The van der Waals surface area contributed by atoms with Crippen LogP contribution in [0.3, 0.4) is 0 Å². The van der Waals surface area contributed by atoms with Crippen LogP contribution in [0.4, 0.5) is 10.6 Å². The third-order valence-electron chi connectivity index (χ3n) is 8.24. The van der Waals surface area contributed by atoms with Gasteiger partial charge < -0.3 is 23.7 Å². The van der Waals surface area contributed by atoms with Gasteiger partial charge in [0.1, 0.15) is 25.9 Å². The maximum atomic E-state index is 13.9. The third kappa shape index (κ3) is 13.7. The van der Waals surface area contributed by atoms with Crippen molar-refractivity contribution in [1.29, 1.82) is 0 Å². The van der Waals surface area contributed by atoms with E-state index >= 15 is 0 Å². The SMILES string of the molecule is CCC(C)(C)c1ccc(S(=O)(=O)Nc2nc(-c3ncccn3)nc(OCCOC(=O)OCCCCC(CON(O)O)ON(O)O)c2Oc2ccccc2OC)cc1. The number of aromatic nitrogens is 4. The van der Waals surface area contributed by atoms with Crippen molar-refractivity contribution >= 4 is 22.0 Å². The quantitative estimate of drug-likeness (QED) is 0.0360. The Kier molecular flexibility index (Phi) is 16.6. The largest absolute Gasteiger partial charge is 0.508 e. The van der Waals surface area contributed by atoms with Gasteiger partial charge in [-0.2, -0.15) is 4.98 Å². The number of carbonyl (C=O) groups is 1. The normalized spacial score (nSPS) is 12.3. The number of methoxy groups -OCH3 is 1. The zero-order valence-corrected chi connectivity index (χ0v) is 32.4. The minimum Gasteiger partial charge on any atom is -0.493 e. The first-order valence-electron chi connectivity index (χ1n) is 17.4. The van der Waals surface area contributed by atoms with Gasteiger partial charge >= 0.3 is 6.16 Å². The average molecular weight is 820 g/mol. The minimum absolute atomic E-state index is 0.0387. The number of hydrogen-bond donors (Lipinski definition) is 5. The lowest BCUT2D eigenvalue weighted by Gasteiger charge is -2.23. The molecule has 0 spiro atoms. The molecule has 2 aromatic carbocycles. The second-order valence-electron chi connectivity index (χ2n) is 12.5. The van der Waals surface area contributed by atoms with Crippen LogP contribution in [0.1, 0.15) is 52.0 Å². The summed E-state index contributed by atoms with van der Waals surface area (Å²) >= 11 is 0. The molecule has 0 saturated carbocycles. The highest BCUT2D eigenvalue weighted by Crippen LogP contribution is 2.41. The molecule has 4 rings (SSSR count). The average Bonchev–Trinajstić information content (AvgIpc) is 3.19. The molecule has 0 fully saturated rings. The van der Waals surface area contributed by atoms with E-state index in [1.807, 2.05) is 6.92 Å². The van der Waals surface area contributed by atoms with Crippen molar-refractivity contribution in [2.24, 2.45) is 0 Å². The Morgan fingerprint density at radius 2 is 1.54 bits per heavy atom. The summed E-state index contributed by atoms with van der Waals surface area (Å²) in [7, 11) is -2.86. The smallest absolute Gasteiger partial charge is 0.493 e. The van der Waals surface area contributed by atoms with Gasteiger partial charge in [0.15, 0.2) is 23.1 Å². The molecule has 1 atom stereocenters. The highest BCUT2D eigenvalue weighted by Gasteiger charge is 2.27. The van der Waals surface area contributed by atoms with E-state index in [1.54, 1.807) is 42.5 Å². The summed E-state index contributed by atoms with van der Waals surface area (Å²) in [4.78, 5) is 38.6. The van der Waals surface area contributed by atoms with Crippen LogP contribution in [-0.2, 0) is 34.6 Å². The van der Waals surface area contributed by atoms with Gasteiger partial charge in [-0.05, 0) is 67.0 Å². The highest BCUT2D eigenvalue weighted by molar-refractivity contribution is 7.92. The van der Waals surface area contributed by atoms with Gasteiger partial charge in [-0.25, -0.2) is 37.8 Å². The second-order valence-corrected chi connectivity index (χ2v) is 14.2. The van der Waals surface area contributed by atoms with Crippen molar-refractivity contribution in [1.82, 2.24) is 30.7 Å². The van der Waals surface area contributed by atoms with Gasteiger partial charge in [-0.3, -0.25) is 25.6 Å². The van der Waals surface area contributed by atoms with Crippen LogP contribution >= 0.6 is 0 Å². The number of anilines is 1. The van der Waals surface area contributed by atoms with Crippen LogP contribution in [0, 0.1) is 0 Å². The molecule has 0 aliphatic heterocycles. The molecule has 0 aliphatic rings. The molecule has 1 unspecified atom stereocenters. The number of nitrogens with one attached hydrogen (secondary N) is 1. The number of unbranched alkanes of at least 4 members (excludes halogenated alkanes) is 1. The summed E-state index contributed by atoms with van der Waals surface area (Å²) in [6, 6.07) is 14.7. The molecule has 2 aromatic heterocycles. The molecule has 57 heavy (non-hydrogen) atoms. The lowest BCUT2D eigenvalue weighted by Crippen LogP contribution is -2.31. The van der Waals surface area contributed by atoms with Gasteiger partial charge in [0, 0.05) is 12.4 Å². The van der Waals surface area contributed by atoms with E-state index in [0.29, 0.717) is 18.6 Å². The van der Waals surface area contributed by atoms with Crippen LogP contribution < -0.4 is 18.9 Å². The number of hydrogen-bond acceptors (Lipinski definition) is 20. The van der Waals surface area contributed by atoms with Crippen molar-refractivity contribution in [3.8, 4) is 34.8 Å². The fourth-order valence-corrected chi connectivity index (χ4v) is 5.88. The summed E-state index contributed by atoms with van der Waals surface area (Å²) in [5.74, 6) is -0.441. The molecule has 0 radical (unpaired) electrons. The van der Waals surface area contributed by atoms with Crippen LogP contribution in [-0.4, -0.2) is 106 Å². The monoisotopic (exact) mass is 819 g/mol. The minimum atomic E-state index is -4.29. The number of benzene rings is 2. The predicted octanol–water partition coefficient (Wildman–Crippen LogP) is 5.32. The molecule has 310 valence electrons. The molecular weight excluding hydrogens is 774 g/mol. The van der Waals surface area contributed by atoms with E-state index < -0.39 is 39.7 Å². The fraction of sp³-hybridized carbons (Fsp3) is 0.400. The third-order valence-corrected chi connectivity index (χ3v) is 9.60. The summed E-state index contributed by atoms with van der Waals surface area (Å²) in [5, 5.41) is 34.0. The highest BCUT2D eigenvalue weighted by atomic mass is 32.2. The van der Waals surface area contributed by atoms with Crippen molar-refractivity contribution in [2.45, 2.75) is 62.9 Å². The zero-order chi connectivity index (χ0) is 41.4. The van der Waals surface area contributed by atoms with Crippen molar-refractivity contribution in [3.05, 3.63) is 72.6 Å².